The minimum atomic E-state index is 0. The number of rotatable bonds is 2. The van der Waals surface area contributed by atoms with Crippen molar-refractivity contribution in [3.8, 4) is 0 Å². The second-order valence-electron chi connectivity index (χ2n) is 2.36. The Bertz CT molecular complexity index is 161. The third-order valence-electron chi connectivity index (χ3n) is 1.55. The monoisotopic (exact) mass is 267 g/mol. The van der Waals surface area contributed by atoms with Gasteiger partial charge in [-0.2, -0.15) is 0 Å². The molecule has 0 fully saturated rings. The van der Waals surface area contributed by atoms with Crippen LogP contribution in [-0.2, 0) is 24.7 Å². The molecule has 3 heteroatoms. The Hall–Kier alpha value is 0.943. The molecular formula is C8H11Cl2Zr. The first-order valence-electron chi connectivity index (χ1n) is 3.44. The topological polar surface area (TPSA) is 0 Å². The van der Waals surface area contributed by atoms with E-state index in [1.54, 1.807) is 33.6 Å². The van der Waals surface area contributed by atoms with E-state index in [1.807, 2.05) is 0 Å². The Labute approximate surface area is 96.2 Å². The summed E-state index contributed by atoms with van der Waals surface area (Å²) in [7, 11) is 0. The molecule has 0 heterocycles. The molecule has 0 aromatic carbocycles. The Balaban J connectivity index is 0. The summed E-state index contributed by atoms with van der Waals surface area (Å²) in [5, 5.41) is 0. The summed E-state index contributed by atoms with van der Waals surface area (Å²) < 4.78 is 1.66. The molecule has 0 radical (unpaired) electrons. The van der Waals surface area contributed by atoms with E-state index in [9.17, 15) is 0 Å². The van der Waals surface area contributed by atoms with Crippen LogP contribution < -0.4 is 24.8 Å². The standard InChI is InChI=1S/C8H11.2ClH.Zr/c1-2-5-8-6-3-4-7-8;;;/h3,6H,2,4-5H2,1H3;2*1H;/q;;;+2/p-2. The quantitative estimate of drug-likeness (QED) is 0.489. The number of halogens is 2. The summed E-state index contributed by atoms with van der Waals surface area (Å²) in [6.07, 6.45) is 8.37. The Morgan fingerprint density at radius 1 is 1.45 bits per heavy atom. The Kier molecular flexibility index (Phi) is 9.97. The molecule has 1 aliphatic carbocycles. The largest absolute Gasteiger partial charge is 1.00 e. The van der Waals surface area contributed by atoms with Crippen LogP contribution in [0.15, 0.2) is 21.0 Å². The minimum absolute atomic E-state index is 0. The van der Waals surface area contributed by atoms with E-state index in [4.69, 9.17) is 0 Å². The van der Waals surface area contributed by atoms with Gasteiger partial charge in [-0.3, -0.25) is 0 Å². The summed E-state index contributed by atoms with van der Waals surface area (Å²) >= 11 is 1.61. The van der Waals surface area contributed by atoms with Crippen LogP contribution in [0.4, 0.5) is 0 Å². The average Bonchev–Trinajstić information content (AvgIpc) is 2.18. The van der Waals surface area contributed by atoms with Crippen LogP contribution in [0.25, 0.3) is 0 Å². The first-order valence-corrected chi connectivity index (χ1v) is 4.67. The molecule has 0 aromatic heterocycles. The van der Waals surface area contributed by atoms with Crippen molar-refractivity contribution in [1.29, 1.82) is 0 Å². The van der Waals surface area contributed by atoms with Gasteiger partial charge in [0.25, 0.3) is 0 Å². The van der Waals surface area contributed by atoms with Crippen molar-refractivity contribution in [3.05, 3.63) is 21.0 Å². The summed E-state index contributed by atoms with van der Waals surface area (Å²) in [4.78, 5) is 0. The summed E-state index contributed by atoms with van der Waals surface area (Å²) in [5.74, 6) is 0. The molecule has 11 heavy (non-hydrogen) atoms. The molecule has 0 spiro atoms. The maximum atomic E-state index is 2.29. The Morgan fingerprint density at radius 3 is 2.45 bits per heavy atom. The van der Waals surface area contributed by atoms with Gasteiger partial charge < -0.3 is 24.8 Å². The predicted octanol–water partition coefficient (Wildman–Crippen LogP) is -3.44. The molecule has 0 saturated heterocycles. The molecule has 1 aliphatic rings. The third-order valence-corrected chi connectivity index (χ3v) is 2.84. The van der Waals surface area contributed by atoms with Gasteiger partial charge in [0.2, 0.25) is 0 Å². The van der Waals surface area contributed by atoms with Gasteiger partial charge in [-0.15, -0.1) is 0 Å². The van der Waals surface area contributed by atoms with Crippen LogP contribution in [0.3, 0.4) is 0 Å². The van der Waals surface area contributed by atoms with E-state index < -0.39 is 0 Å². The SMILES string of the molecule is CCCC1=[C]([Zr+2])CC=C1.[Cl-].[Cl-]. The summed E-state index contributed by atoms with van der Waals surface area (Å²) in [6, 6.07) is 0. The van der Waals surface area contributed by atoms with E-state index in [0.717, 1.165) is 0 Å². The van der Waals surface area contributed by atoms with E-state index >= 15 is 0 Å². The average molecular weight is 269 g/mol. The van der Waals surface area contributed by atoms with Gasteiger partial charge in [0.15, 0.2) is 0 Å². The number of hydrogen-bond donors (Lipinski definition) is 0. The van der Waals surface area contributed by atoms with E-state index in [1.165, 1.54) is 19.3 Å². The van der Waals surface area contributed by atoms with Crippen LogP contribution in [0.1, 0.15) is 26.2 Å². The van der Waals surface area contributed by atoms with Crippen LogP contribution >= 0.6 is 0 Å². The molecule has 0 aliphatic heterocycles. The van der Waals surface area contributed by atoms with Gasteiger partial charge in [0, 0.05) is 0 Å². The fourth-order valence-corrected chi connectivity index (χ4v) is 1.86. The van der Waals surface area contributed by atoms with Crippen molar-refractivity contribution >= 4 is 0 Å². The van der Waals surface area contributed by atoms with Gasteiger partial charge >= 0.3 is 71.9 Å². The zero-order valence-electron chi connectivity index (χ0n) is 6.53. The predicted molar refractivity (Wildman–Crippen MR) is 35.7 cm³/mol. The molecule has 0 aromatic rings. The van der Waals surface area contributed by atoms with Gasteiger partial charge in [-0.25, -0.2) is 0 Å². The smallest absolute Gasteiger partial charge is 1.00 e. The molecular weight excluding hydrogens is 258 g/mol. The number of allylic oxidation sites excluding steroid dienone is 4. The molecule has 0 saturated carbocycles. The fraction of sp³-hybridized carbons (Fsp3) is 0.500. The van der Waals surface area contributed by atoms with E-state index in [2.05, 4.69) is 19.1 Å². The van der Waals surface area contributed by atoms with E-state index in [0.29, 0.717) is 0 Å². The fourth-order valence-electron chi connectivity index (χ4n) is 1.05. The van der Waals surface area contributed by atoms with Gasteiger partial charge in [-0.1, -0.05) is 0 Å². The van der Waals surface area contributed by atoms with Crippen molar-refractivity contribution in [2.75, 3.05) is 0 Å². The Morgan fingerprint density at radius 2 is 2.09 bits per heavy atom. The van der Waals surface area contributed by atoms with Crippen molar-refractivity contribution in [3.63, 3.8) is 0 Å². The second-order valence-corrected chi connectivity index (χ2v) is 3.84. The zero-order chi connectivity index (χ0) is 6.69. The summed E-state index contributed by atoms with van der Waals surface area (Å²) in [5.41, 5.74) is 1.61. The van der Waals surface area contributed by atoms with Gasteiger partial charge in [-0.05, 0) is 0 Å². The second kappa shape index (κ2) is 7.58. The van der Waals surface area contributed by atoms with Gasteiger partial charge in [0.1, 0.15) is 0 Å². The van der Waals surface area contributed by atoms with Crippen molar-refractivity contribution < 1.29 is 49.5 Å². The molecule has 0 bridgehead atoms. The number of hydrogen-bond acceptors (Lipinski definition) is 0. The van der Waals surface area contributed by atoms with Crippen LogP contribution in [0.5, 0.6) is 0 Å². The first-order chi connectivity index (χ1) is 4.34. The van der Waals surface area contributed by atoms with Crippen LogP contribution in [0, 0.1) is 0 Å². The van der Waals surface area contributed by atoms with Crippen LogP contribution in [0.2, 0.25) is 0 Å². The molecule has 0 atom stereocenters. The van der Waals surface area contributed by atoms with Gasteiger partial charge in [0.05, 0.1) is 0 Å². The van der Waals surface area contributed by atoms with Crippen LogP contribution in [-0.4, -0.2) is 0 Å². The first kappa shape index (κ1) is 14.5. The molecule has 0 amide bonds. The maximum absolute atomic E-state index is 2.29. The zero-order valence-corrected chi connectivity index (χ0v) is 10.5. The van der Waals surface area contributed by atoms with Crippen molar-refractivity contribution in [1.82, 2.24) is 0 Å². The molecule has 0 nitrogen and oxygen atoms in total. The maximum Gasteiger partial charge on any atom is -1.00 e. The molecule has 61 valence electrons. The van der Waals surface area contributed by atoms with Crippen molar-refractivity contribution in [2.24, 2.45) is 0 Å². The molecule has 1 rings (SSSR count). The summed E-state index contributed by atoms with van der Waals surface area (Å²) in [6.45, 7) is 2.24. The van der Waals surface area contributed by atoms with Crippen molar-refractivity contribution in [2.45, 2.75) is 26.2 Å². The van der Waals surface area contributed by atoms with E-state index in [-0.39, 0.29) is 24.8 Å². The normalized spacial score (nSPS) is 14.5. The molecule has 0 N–H and O–H groups in total. The minimum Gasteiger partial charge on any atom is -1.00 e. The third kappa shape index (κ3) is 4.50. The molecule has 0 unspecified atom stereocenters.